The Bertz CT molecular complexity index is 592. The standard InChI is InChI=1S/C19H26N2/c1-19(2,3)16-11-9-14(10-12-16)18(20)15-7-6-8-17(13-15)21(4)5/h6-13,18H,20H2,1-5H3. The Balaban J connectivity index is 2.27. The molecule has 0 bridgehead atoms. The Morgan fingerprint density at radius 2 is 1.52 bits per heavy atom. The fraction of sp³-hybridized carbons (Fsp3) is 0.368. The van der Waals surface area contributed by atoms with Gasteiger partial charge in [0.05, 0.1) is 6.04 Å². The topological polar surface area (TPSA) is 29.3 Å². The number of nitrogens with zero attached hydrogens (tertiary/aromatic N) is 1. The predicted octanol–water partition coefficient (Wildman–Crippen LogP) is 4.10. The van der Waals surface area contributed by atoms with E-state index in [4.69, 9.17) is 5.73 Å². The zero-order valence-electron chi connectivity index (χ0n) is 13.7. The summed E-state index contributed by atoms with van der Waals surface area (Å²) in [5, 5.41) is 0. The minimum atomic E-state index is -0.0843. The molecule has 2 nitrogen and oxygen atoms in total. The Kier molecular flexibility index (Phi) is 4.38. The van der Waals surface area contributed by atoms with Crippen molar-refractivity contribution in [1.29, 1.82) is 0 Å². The smallest absolute Gasteiger partial charge is 0.0552 e. The average molecular weight is 282 g/mol. The molecule has 0 fully saturated rings. The number of rotatable bonds is 3. The van der Waals surface area contributed by atoms with Gasteiger partial charge in [0.15, 0.2) is 0 Å². The molecule has 0 saturated heterocycles. The molecule has 0 aliphatic heterocycles. The van der Waals surface area contributed by atoms with E-state index in [0.717, 1.165) is 11.1 Å². The van der Waals surface area contributed by atoms with Gasteiger partial charge in [0.25, 0.3) is 0 Å². The van der Waals surface area contributed by atoms with Crippen LogP contribution in [0.1, 0.15) is 43.5 Å². The van der Waals surface area contributed by atoms with Crippen LogP contribution < -0.4 is 10.6 Å². The molecule has 2 heteroatoms. The molecule has 2 N–H and O–H groups in total. The minimum absolute atomic E-state index is 0.0843. The molecule has 0 aliphatic carbocycles. The van der Waals surface area contributed by atoms with Gasteiger partial charge in [0.1, 0.15) is 0 Å². The maximum Gasteiger partial charge on any atom is 0.0552 e. The van der Waals surface area contributed by atoms with E-state index in [1.807, 2.05) is 14.1 Å². The first-order chi connectivity index (χ1) is 9.79. The molecule has 0 radical (unpaired) electrons. The van der Waals surface area contributed by atoms with Crippen molar-refractivity contribution in [3.8, 4) is 0 Å². The third-order valence-electron chi connectivity index (χ3n) is 3.88. The summed E-state index contributed by atoms with van der Waals surface area (Å²) in [6.07, 6.45) is 0. The second kappa shape index (κ2) is 5.90. The van der Waals surface area contributed by atoms with E-state index in [9.17, 15) is 0 Å². The summed E-state index contributed by atoms with van der Waals surface area (Å²) in [6, 6.07) is 17.0. The van der Waals surface area contributed by atoms with Gasteiger partial charge in [-0.25, -0.2) is 0 Å². The highest BCUT2D eigenvalue weighted by molar-refractivity contribution is 5.49. The Morgan fingerprint density at radius 1 is 0.905 bits per heavy atom. The molecule has 1 unspecified atom stereocenters. The molecule has 0 amide bonds. The fourth-order valence-electron chi connectivity index (χ4n) is 2.38. The van der Waals surface area contributed by atoms with Crippen molar-refractivity contribution >= 4 is 5.69 Å². The molecule has 0 heterocycles. The fourth-order valence-corrected chi connectivity index (χ4v) is 2.38. The number of anilines is 1. The molecular formula is C19H26N2. The van der Waals surface area contributed by atoms with Crippen molar-refractivity contribution in [3.63, 3.8) is 0 Å². The highest BCUT2D eigenvalue weighted by Gasteiger charge is 2.15. The highest BCUT2D eigenvalue weighted by atomic mass is 15.1. The normalized spacial score (nSPS) is 13.0. The number of benzene rings is 2. The van der Waals surface area contributed by atoms with Gasteiger partial charge in [-0.1, -0.05) is 57.2 Å². The van der Waals surface area contributed by atoms with E-state index in [1.165, 1.54) is 11.3 Å². The van der Waals surface area contributed by atoms with Gasteiger partial charge in [0.2, 0.25) is 0 Å². The van der Waals surface area contributed by atoms with E-state index in [-0.39, 0.29) is 11.5 Å². The molecule has 2 rings (SSSR count). The Hall–Kier alpha value is -1.80. The van der Waals surface area contributed by atoms with E-state index >= 15 is 0 Å². The first kappa shape index (κ1) is 15.6. The van der Waals surface area contributed by atoms with Crippen molar-refractivity contribution in [2.24, 2.45) is 5.73 Å². The van der Waals surface area contributed by atoms with Crippen molar-refractivity contribution < 1.29 is 0 Å². The monoisotopic (exact) mass is 282 g/mol. The molecular weight excluding hydrogens is 256 g/mol. The van der Waals surface area contributed by atoms with E-state index in [1.54, 1.807) is 0 Å². The number of nitrogens with two attached hydrogens (primary N) is 1. The lowest BCUT2D eigenvalue weighted by Crippen LogP contribution is -2.15. The average Bonchev–Trinajstić information content (AvgIpc) is 2.46. The summed E-state index contributed by atoms with van der Waals surface area (Å²) in [7, 11) is 4.09. The lowest BCUT2D eigenvalue weighted by atomic mass is 9.86. The third kappa shape index (κ3) is 3.64. The van der Waals surface area contributed by atoms with Gasteiger partial charge in [0, 0.05) is 19.8 Å². The molecule has 0 aliphatic rings. The maximum absolute atomic E-state index is 6.43. The van der Waals surface area contributed by atoms with Gasteiger partial charge < -0.3 is 10.6 Å². The molecule has 2 aromatic rings. The Morgan fingerprint density at radius 3 is 2.05 bits per heavy atom. The largest absolute Gasteiger partial charge is 0.378 e. The van der Waals surface area contributed by atoms with Crippen LogP contribution in [0.15, 0.2) is 48.5 Å². The summed E-state index contributed by atoms with van der Waals surface area (Å²) in [5.41, 5.74) is 11.4. The van der Waals surface area contributed by atoms with Crippen LogP contribution in [0.3, 0.4) is 0 Å². The molecule has 112 valence electrons. The minimum Gasteiger partial charge on any atom is -0.378 e. The van der Waals surface area contributed by atoms with Crippen LogP contribution in [0.5, 0.6) is 0 Å². The highest BCUT2D eigenvalue weighted by Crippen LogP contribution is 2.27. The third-order valence-corrected chi connectivity index (χ3v) is 3.88. The second-order valence-electron chi connectivity index (χ2n) is 6.84. The van der Waals surface area contributed by atoms with E-state index < -0.39 is 0 Å². The molecule has 0 aromatic heterocycles. The predicted molar refractivity (Wildman–Crippen MR) is 91.9 cm³/mol. The zero-order valence-corrected chi connectivity index (χ0v) is 13.7. The first-order valence-corrected chi connectivity index (χ1v) is 7.42. The SMILES string of the molecule is CN(C)c1cccc(C(N)c2ccc(C(C)(C)C)cc2)c1. The quantitative estimate of drug-likeness (QED) is 0.918. The molecule has 21 heavy (non-hydrogen) atoms. The molecule has 0 spiro atoms. The number of hydrogen-bond donors (Lipinski definition) is 1. The summed E-state index contributed by atoms with van der Waals surface area (Å²) >= 11 is 0. The van der Waals surface area contributed by atoms with Crippen LogP contribution in [-0.2, 0) is 5.41 Å². The summed E-state index contributed by atoms with van der Waals surface area (Å²) < 4.78 is 0. The van der Waals surface area contributed by atoms with Gasteiger partial charge in [-0.2, -0.15) is 0 Å². The van der Waals surface area contributed by atoms with Gasteiger partial charge in [-0.05, 0) is 34.2 Å². The van der Waals surface area contributed by atoms with Crippen LogP contribution >= 0.6 is 0 Å². The van der Waals surface area contributed by atoms with Crippen LogP contribution in [0.2, 0.25) is 0 Å². The summed E-state index contributed by atoms with van der Waals surface area (Å²) in [6.45, 7) is 6.67. The van der Waals surface area contributed by atoms with Crippen LogP contribution in [0, 0.1) is 0 Å². The summed E-state index contributed by atoms with van der Waals surface area (Å²) in [4.78, 5) is 2.10. The van der Waals surface area contributed by atoms with E-state index in [0.29, 0.717) is 0 Å². The van der Waals surface area contributed by atoms with Crippen molar-refractivity contribution in [2.75, 3.05) is 19.0 Å². The zero-order chi connectivity index (χ0) is 15.6. The number of hydrogen-bond acceptors (Lipinski definition) is 2. The van der Waals surface area contributed by atoms with Crippen LogP contribution in [0.25, 0.3) is 0 Å². The van der Waals surface area contributed by atoms with E-state index in [2.05, 4.69) is 74.2 Å². The van der Waals surface area contributed by atoms with Crippen LogP contribution in [-0.4, -0.2) is 14.1 Å². The van der Waals surface area contributed by atoms with Crippen molar-refractivity contribution in [1.82, 2.24) is 0 Å². The van der Waals surface area contributed by atoms with Gasteiger partial charge in [-0.15, -0.1) is 0 Å². The van der Waals surface area contributed by atoms with Crippen molar-refractivity contribution in [3.05, 3.63) is 65.2 Å². The molecule has 0 saturated carbocycles. The Labute approximate surface area is 128 Å². The lowest BCUT2D eigenvalue weighted by molar-refractivity contribution is 0.589. The molecule has 2 aromatic carbocycles. The van der Waals surface area contributed by atoms with Crippen LogP contribution in [0.4, 0.5) is 5.69 Å². The second-order valence-corrected chi connectivity index (χ2v) is 6.84. The lowest BCUT2D eigenvalue weighted by Gasteiger charge is -2.21. The summed E-state index contributed by atoms with van der Waals surface area (Å²) in [5.74, 6) is 0. The van der Waals surface area contributed by atoms with Crippen molar-refractivity contribution in [2.45, 2.75) is 32.2 Å². The molecule has 1 atom stereocenters. The first-order valence-electron chi connectivity index (χ1n) is 7.42. The van der Waals surface area contributed by atoms with Gasteiger partial charge >= 0.3 is 0 Å². The maximum atomic E-state index is 6.43. The van der Waals surface area contributed by atoms with Gasteiger partial charge in [-0.3, -0.25) is 0 Å².